The molecule has 16 heavy (non-hydrogen) atoms. The number of aldehydes is 1. The van der Waals surface area contributed by atoms with Gasteiger partial charge in [0.05, 0.1) is 0 Å². The van der Waals surface area contributed by atoms with E-state index >= 15 is 0 Å². The van der Waals surface area contributed by atoms with E-state index in [1.165, 1.54) is 24.8 Å². The fraction of sp³-hybridized carbons (Fsp3) is 0.500. The molecule has 0 radical (unpaired) electrons. The van der Waals surface area contributed by atoms with Gasteiger partial charge in [0.1, 0.15) is 6.29 Å². The van der Waals surface area contributed by atoms with E-state index in [1.807, 2.05) is 18.2 Å². The number of carbonyl (C=O) groups excluding carboxylic acids is 1. The van der Waals surface area contributed by atoms with Gasteiger partial charge < -0.3 is 4.79 Å². The van der Waals surface area contributed by atoms with Gasteiger partial charge in [-0.05, 0) is 42.9 Å². The lowest BCUT2D eigenvalue weighted by Crippen LogP contribution is -2.29. The van der Waals surface area contributed by atoms with Gasteiger partial charge >= 0.3 is 0 Å². The van der Waals surface area contributed by atoms with Crippen LogP contribution in [0, 0.1) is 11.8 Å². The van der Waals surface area contributed by atoms with Crippen LogP contribution < -0.4 is 0 Å². The molecule has 2 atom stereocenters. The highest BCUT2D eigenvalue weighted by Gasteiger charge is 2.60. The van der Waals surface area contributed by atoms with Crippen molar-refractivity contribution in [2.45, 2.75) is 31.1 Å². The molecule has 0 aliphatic heterocycles. The molecule has 0 N–H and O–H groups in total. The van der Waals surface area contributed by atoms with E-state index in [0.717, 1.165) is 17.7 Å². The highest BCUT2D eigenvalue weighted by Crippen LogP contribution is 2.63. The molecule has 2 aliphatic carbocycles. The maximum atomic E-state index is 11.1. The second-order valence-electron chi connectivity index (χ2n) is 5.13. The molecule has 84 valence electrons. The number of hydrogen-bond donors (Lipinski definition) is 0. The molecule has 0 heterocycles. The summed E-state index contributed by atoms with van der Waals surface area (Å²) in [6.45, 7) is 0. The number of carbonyl (C=O) groups is 1. The first kappa shape index (κ1) is 10.3. The van der Waals surface area contributed by atoms with Crippen molar-refractivity contribution in [3.63, 3.8) is 0 Å². The molecule has 0 aromatic heterocycles. The average Bonchev–Trinajstić information content (AvgIpc) is 2.91. The van der Waals surface area contributed by atoms with E-state index < -0.39 is 0 Å². The lowest BCUT2D eigenvalue weighted by molar-refractivity contribution is -0.109. The van der Waals surface area contributed by atoms with Crippen LogP contribution in [0.1, 0.15) is 31.2 Å². The van der Waals surface area contributed by atoms with Gasteiger partial charge in [-0.2, -0.15) is 0 Å². The molecule has 0 saturated heterocycles. The van der Waals surface area contributed by atoms with Crippen LogP contribution in [0.15, 0.2) is 24.3 Å². The van der Waals surface area contributed by atoms with Gasteiger partial charge in [0.25, 0.3) is 0 Å². The molecule has 0 amide bonds. The Morgan fingerprint density at radius 3 is 2.69 bits per heavy atom. The molecule has 0 spiro atoms. The number of rotatable bonds is 3. The minimum Gasteiger partial charge on any atom is -0.303 e. The van der Waals surface area contributed by atoms with Gasteiger partial charge in [0, 0.05) is 16.4 Å². The molecular weight excluding hydrogens is 220 g/mol. The zero-order valence-electron chi connectivity index (χ0n) is 9.16. The Morgan fingerprint density at radius 2 is 2.19 bits per heavy atom. The first-order valence-electron chi connectivity index (χ1n) is 5.99. The smallest absolute Gasteiger partial charge is 0.124 e. The van der Waals surface area contributed by atoms with Crippen molar-refractivity contribution in [1.82, 2.24) is 0 Å². The van der Waals surface area contributed by atoms with Crippen molar-refractivity contribution < 1.29 is 4.79 Å². The first-order valence-corrected chi connectivity index (χ1v) is 6.36. The summed E-state index contributed by atoms with van der Waals surface area (Å²) in [6, 6.07) is 8.08. The number of halogens is 1. The SMILES string of the molecule is O=CC1CC1(c1cccc(Cl)c1)C1CCC1. The molecule has 1 nitrogen and oxygen atoms in total. The van der Waals surface area contributed by atoms with Crippen molar-refractivity contribution >= 4 is 17.9 Å². The van der Waals surface area contributed by atoms with Crippen LogP contribution in [0.25, 0.3) is 0 Å². The van der Waals surface area contributed by atoms with Crippen LogP contribution in [0.3, 0.4) is 0 Å². The molecule has 3 rings (SSSR count). The van der Waals surface area contributed by atoms with Gasteiger partial charge in [-0.1, -0.05) is 30.2 Å². The zero-order chi connectivity index (χ0) is 11.2. The second-order valence-corrected chi connectivity index (χ2v) is 5.56. The van der Waals surface area contributed by atoms with Crippen molar-refractivity contribution in [3.05, 3.63) is 34.9 Å². The van der Waals surface area contributed by atoms with Crippen molar-refractivity contribution in [2.75, 3.05) is 0 Å². The van der Waals surface area contributed by atoms with E-state index in [0.29, 0.717) is 5.92 Å². The Bertz CT molecular complexity index is 424. The minimum absolute atomic E-state index is 0.144. The third-order valence-electron chi connectivity index (χ3n) is 4.42. The fourth-order valence-electron chi connectivity index (χ4n) is 3.21. The summed E-state index contributed by atoms with van der Waals surface area (Å²) in [5, 5.41) is 0.785. The van der Waals surface area contributed by atoms with Crippen LogP contribution in [0.5, 0.6) is 0 Å². The van der Waals surface area contributed by atoms with Gasteiger partial charge in [0.2, 0.25) is 0 Å². The van der Waals surface area contributed by atoms with Gasteiger partial charge in [-0.3, -0.25) is 0 Å². The first-order chi connectivity index (χ1) is 7.77. The quantitative estimate of drug-likeness (QED) is 0.731. The van der Waals surface area contributed by atoms with Crippen LogP contribution in [0.2, 0.25) is 5.02 Å². The topological polar surface area (TPSA) is 17.1 Å². The largest absolute Gasteiger partial charge is 0.303 e. The molecule has 2 saturated carbocycles. The average molecular weight is 235 g/mol. The van der Waals surface area contributed by atoms with Crippen molar-refractivity contribution in [1.29, 1.82) is 0 Å². The summed E-state index contributed by atoms with van der Waals surface area (Å²) in [5.74, 6) is 0.942. The summed E-state index contributed by atoms with van der Waals surface area (Å²) < 4.78 is 0. The third kappa shape index (κ3) is 1.34. The van der Waals surface area contributed by atoms with Crippen LogP contribution in [0.4, 0.5) is 0 Å². The number of benzene rings is 1. The summed E-state index contributed by atoms with van der Waals surface area (Å²) in [6.07, 6.45) is 6.03. The summed E-state index contributed by atoms with van der Waals surface area (Å²) in [7, 11) is 0. The third-order valence-corrected chi connectivity index (χ3v) is 4.65. The normalized spacial score (nSPS) is 33.2. The molecule has 1 aromatic rings. The molecular formula is C14H15ClO. The molecule has 2 aliphatic rings. The summed E-state index contributed by atoms with van der Waals surface area (Å²) in [4.78, 5) is 11.1. The summed E-state index contributed by atoms with van der Waals surface area (Å²) in [5.41, 5.74) is 1.42. The predicted octanol–water partition coefficient (Wildman–Crippen LogP) is 3.60. The van der Waals surface area contributed by atoms with E-state index in [1.54, 1.807) is 0 Å². The monoisotopic (exact) mass is 234 g/mol. The molecule has 0 bridgehead atoms. The Morgan fingerprint density at radius 1 is 1.38 bits per heavy atom. The van der Waals surface area contributed by atoms with Crippen LogP contribution in [-0.4, -0.2) is 6.29 Å². The second kappa shape index (κ2) is 3.59. The van der Waals surface area contributed by atoms with E-state index in [-0.39, 0.29) is 11.3 Å². The molecule has 2 fully saturated rings. The summed E-state index contributed by atoms with van der Waals surface area (Å²) >= 11 is 6.05. The lowest BCUT2D eigenvalue weighted by Gasteiger charge is -2.35. The zero-order valence-corrected chi connectivity index (χ0v) is 9.91. The molecule has 2 heteroatoms. The lowest BCUT2D eigenvalue weighted by atomic mass is 9.69. The van der Waals surface area contributed by atoms with Gasteiger partial charge in [-0.25, -0.2) is 0 Å². The minimum atomic E-state index is 0.144. The molecule has 2 unspecified atom stereocenters. The molecule has 1 aromatic carbocycles. The highest BCUT2D eigenvalue weighted by atomic mass is 35.5. The van der Waals surface area contributed by atoms with E-state index in [9.17, 15) is 4.79 Å². The maximum absolute atomic E-state index is 11.1. The standard InChI is InChI=1S/C14H15ClO/c15-13-6-2-5-11(7-13)14(8-12(14)9-16)10-3-1-4-10/h2,5-7,9-10,12H,1,3-4,8H2. The van der Waals surface area contributed by atoms with Crippen molar-refractivity contribution in [2.24, 2.45) is 11.8 Å². The highest BCUT2D eigenvalue weighted by molar-refractivity contribution is 6.30. The van der Waals surface area contributed by atoms with Crippen molar-refractivity contribution in [3.8, 4) is 0 Å². The fourth-order valence-corrected chi connectivity index (χ4v) is 3.40. The van der Waals surface area contributed by atoms with Crippen LogP contribution >= 0.6 is 11.6 Å². The Hall–Kier alpha value is -0.820. The number of hydrogen-bond acceptors (Lipinski definition) is 1. The van der Waals surface area contributed by atoms with E-state index in [4.69, 9.17) is 11.6 Å². The maximum Gasteiger partial charge on any atom is 0.124 e. The van der Waals surface area contributed by atoms with Gasteiger partial charge in [-0.15, -0.1) is 0 Å². The van der Waals surface area contributed by atoms with Crippen LogP contribution in [-0.2, 0) is 10.2 Å². The Labute approximate surface area is 101 Å². The Balaban J connectivity index is 1.98. The Kier molecular flexibility index (Phi) is 2.32. The van der Waals surface area contributed by atoms with E-state index in [2.05, 4.69) is 6.07 Å². The van der Waals surface area contributed by atoms with Gasteiger partial charge in [0.15, 0.2) is 0 Å². The predicted molar refractivity (Wildman–Crippen MR) is 64.6 cm³/mol.